The van der Waals surface area contributed by atoms with Crippen LogP contribution in [0.5, 0.6) is 5.75 Å². The Balaban J connectivity index is 2.33. The summed E-state index contributed by atoms with van der Waals surface area (Å²) in [6.07, 6.45) is -0.778. The van der Waals surface area contributed by atoms with Gasteiger partial charge in [0.2, 0.25) is 0 Å². The predicted octanol–water partition coefficient (Wildman–Crippen LogP) is 3.22. The number of aliphatic hydroxyl groups is 1. The number of hydrogen-bond donors (Lipinski definition) is 1. The van der Waals surface area contributed by atoms with E-state index in [-0.39, 0.29) is 5.75 Å². The number of benzene rings is 2. The molecule has 0 bridgehead atoms. The molecule has 0 aliphatic heterocycles. The highest BCUT2D eigenvalue weighted by Gasteiger charge is 2.13. The fraction of sp³-hybridized carbons (Fsp3) is 0.200. The van der Waals surface area contributed by atoms with Gasteiger partial charge in [0.05, 0.1) is 7.11 Å². The Morgan fingerprint density at radius 1 is 1.06 bits per heavy atom. The molecule has 1 N–H and O–H groups in total. The van der Waals surface area contributed by atoms with Gasteiger partial charge in [-0.2, -0.15) is 0 Å². The summed E-state index contributed by atoms with van der Waals surface area (Å²) >= 11 is 0. The van der Waals surface area contributed by atoms with Crippen molar-refractivity contribution in [2.24, 2.45) is 0 Å². The molecule has 2 nitrogen and oxygen atoms in total. The zero-order valence-electron chi connectivity index (χ0n) is 10.4. The van der Waals surface area contributed by atoms with Gasteiger partial charge < -0.3 is 9.84 Å². The van der Waals surface area contributed by atoms with Gasteiger partial charge in [-0.3, -0.25) is 0 Å². The molecule has 0 aliphatic rings. The van der Waals surface area contributed by atoms with E-state index in [9.17, 15) is 9.50 Å². The maximum atomic E-state index is 13.3. The molecule has 0 fully saturated rings. The number of hydrogen-bond acceptors (Lipinski definition) is 2. The van der Waals surface area contributed by atoms with Crippen LogP contribution in [-0.2, 0) is 0 Å². The Kier molecular flexibility index (Phi) is 3.63. The summed E-state index contributed by atoms with van der Waals surface area (Å²) in [6, 6.07) is 11.9. The van der Waals surface area contributed by atoms with Crippen molar-refractivity contribution in [3.63, 3.8) is 0 Å². The van der Waals surface area contributed by atoms with E-state index in [1.54, 1.807) is 6.07 Å². The molecule has 0 aliphatic carbocycles. The second-order valence-electron chi connectivity index (χ2n) is 4.21. The highest BCUT2D eigenvalue weighted by Crippen LogP contribution is 2.27. The van der Waals surface area contributed by atoms with Crippen LogP contribution in [0.3, 0.4) is 0 Å². The molecule has 2 aromatic rings. The van der Waals surface area contributed by atoms with Crippen molar-refractivity contribution >= 4 is 0 Å². The molecular formula is C15H15FO2. The standard InChI is InChI=1S/C15H15FO2/c1-10-3-5-11(6-4-10)15(17)12-7-8-13(16)14(9-12)18-2/h3-9,15,17H,1-2H3. The zero-order chi connectivity index (χ0) is 13.1. The van der Waals surface area contributed by atoms with E-state index in [0.717, 1.165) is 11.1 Å². The van der Waals surface area contributed by atoms with Crippen LogP contribution in [0.15, 0.2) is 42.5 Å². The molecular weight excluding hydrogens is 231 g/mol. The summed E-state index contributed by atoms with van der Waals surface area (Å²) in [5.41, 5.74) is 2.51. The second-order valence-corrected chi connectivity index (χ2v) is 4.21. The molecule has 0 amide bonds. The minimum atomic E-state index is -0.778. The molecule has 0 spiro atoms. The first kappa shape index (κ1) is 12.6. The first-order valence-corrected chi connectivity index (χ1v) is 5.70. The van der Waals surface area contributed by atoms with Crippen molar-refractivity contribution in [1.82, 2.24) is 0 Å². The Bertz CT molecular complexity index is 535. The Hall–Kier alpha value is -1.87. The summed E-state index contributed by atoms with van der Waals surface area (Å²) in [5, 5.41) is 10.2. The van der Waals surface area contributed by atoms with Crippen molar-refractivity contribution in [1.29, 1.82) is 0 Å². The van der Waals surface area contributed by atoms with Crippen LogP contribution in [0.2, 0.25) is 0 Å². The van der Waals surface area contributed by atoms with Crippen LogP contribution in [0, 0.1) is 12.7 Å². The third kappa shape index (κ3) is 2.51. The lowest BCUT2D eigenvalue weighted by Crippen LogP contribution is -2.01. The number of ether oxygens (including phenoxy) is 1. The van der Waals surface area contributed by atoms with E-state index < -0.39 is 11.9 Å². The van der Waals surface area contributed by atoms with Crippen molar-refractivity contribution in [3.8, 4) is 5.75 Å². The van der Waals surface area contributed by atoms with E-state index in [4.69, 9.17) is 4.74 Å². The van der Waals surface area contributed by atoms with E-state index in [0.29, 0.717) is 5.56 Å². The molecule has 0 heterocycles. The van der Waals surface area contributed by atoms with Gasteiger partial charge in [0.25, 0.3) is 0 Å². The van der Waals surface area contributed by atoms with Gasteiger partial charge in [0, 0.05) is 0 Å². The number of rotatable bonds is 3. The van der Waals surface area contributed by atoms with Gasteiger partial charge in [-0.05, 0) is 30.2 Å². The SMILES string of the molecule is COc1cc(C(O)c2ccc(C)cc2)ccc1F. The summed E-state index contributed by atoms with van der Waals surface area (Å²) in [5.74, 6) is -0.295. The Labute approximate surface area is 106 Å². The van der Waals surface area contributed by atoms with Gasteiger partial charge in [0.1, 0.15) is 6.10 Å². The lowest BCUT2D eigenvalue weighted by molar-refractivity contribution is 0.219. The highest BCUT2D eigenvalue weighted by atomic mass is 19.1. The fourth-order valence-electron chi connectivity index (χ4n) is 1.79. The lowest BCUT2D eigenvalue weighted by Gasteiger charge is -2.13. The van der Waals surface area contributed by atoms with Crippen LogP contribution < -0.4 is 4.74 Å². The maximum Gasteiger partial charge on any atom is 0.165 e. The molecule has 18 heavy (non-hydrogen) atoms. The van der Waals surface area contributed by atoms with E-state index in [2.05, 4.69) is 0 Å². The average Bonchev–Trinajstić information content (AvgIpc) is 2.39. The minimum Gasteiger partial charge on any atom is -0.494 e. The van der Waals surface area contributed by atoms with Crippen molar-refractivity contribution < 1.29 is 14.2 Å². The van der Waals surface area contributed by atoms with Crippen molar-refractivity contribution in [3.05, 3.63) is 65.0 Å². The summed E-state index contributed by atoms with van der Waals surface area (Å²) in [7, 11) is 1.40. The van der Waals surface area contributed by atoms with Crippen LogP contribution in [0.1, 0.15) is 22.8 Å². The van der Waals surface area contributed by atoms with E-state index in [1.165, 1.54) is 19.2 Å². The Morgan fingerprint density at radius 3 is 2.28 bits per heavy atom. The smallest absolute Gasteiger partial charge is 0.165 e. The van der Waals surface area contributed by atoms with Gasteiger partial charge in [-0.1, -0.05) is 35.9 Å². The van der Waals surface area contributed by atoms with Crippen LogP contribution in [0.25, 0.3) is 0 Å². The predicted molar refractivity (Wildman–Crippen MR) is 68.2 cm³/mol. The largest absolute Gasteiger partial charge is 0.494 e. The number of halogens is 1. The van der Waals surface area contributed by atoms with E-state index >= 15 is 0 Å². The molecule has 2 rings (SSSR count). The summed E-state index contributed by atoms with van der Waals surface area (Å²) in [4.78, 5) is 0. The van der Waals surface area contributed by atoms with Crippen LogP contribution in [-0.4, -0.2) is 12.2 Å². The molecule has 1 unspecified atom stereocenters. The first-order chi connectivity index (χ1) is 8.61. The van der Waals surface area contributed by atoms with Crippen LogP contribution >= 0.6 is 0 Å². The quantitative estimate of drug-likeness (QED) is 0.901. The summed E-state index contributed by atoms with van der Waals surface area (Å²) < 4.78 is 18.2. The van der Waals surface area contributed by atoms with Crippen LogP contribution in [0.4, 0.5) is 4.39 Å². The fourth-order valence-corrected chi connectivity index (χ4v) is 1.79. The second kappa shape index (κ2) is 5.19. The van der Waals surface area contributed by atoms with Crippen molar-refractivity contribution in [2.75, 3.05) is 7.11 Å². The number of methoxy groups -OCH3 is 1. The van der Waals surface area contributed by atoms with Gasteiger partial charge >= 0.3 is 0 Å². The third-order valence-corrected chi connectivity index (χ3v) is 2.88. The average molecular weight is 246 g/mol. The van der Waals surface area contributed by atoms with Gasteiger partial charge in [-0.15, -0.1) is 0 Å². The number of aliphatic hydroxyl groups excluding tert-OH is 1. The number of aryl methyl sites for hydroxylation is 1. The zero-order valence-corrected chi connectivity index (χ0v) is 10.4. The van der Waals surface area contributed by atoms with Gasteiger partial charge in [-0.25, -0.2) is 4.39 Å². The minimum absolute atomic E-state index is 0.138. The molecule has 0 saturated carbocycles. The molecule has 1 atom stereocenters. The molecule has 2 aromatic carbocycles. The highest BCUT2D eigenvalue weighted by molar-refractivity contribution is 5.36. The summed E-state index contributed by atoms with van der Waals surface area (Å²) in [6.45, 7) is 1.98. The monoisotopic (exact) mass is 246 g/mol. The molecule has 0 radical (unpaired) electrons. The molecule has 94 valence electrons. The normalized spacial score (nSPS) is 12.2. The topological polar surface area (TPSA) is 29.5 Å². The third-order valence-electron chi connectivity index (χ3n) is 2.88. The van der Waals surface area contributed by atoms with Crippen molar-refractivity contribution in [2.45, 2.75) is 13.0 Å². The maximum absolute atomic E-state index is 13.3. The lowest BCUT2D eigenvalue weighted by atomic mass is 10.0. The molecule has 0 saturated heterocycles. The molecule has 0 aromatic heterocycles. The molecule has 3 heteroatoms. The van der Waals surface area contributed by atoms with Gasteiger partial charge in [0.15, 0.2) is 11.6 Å². The Morgan fingerprint density at radius 2 is 1.67 bits per heavy atom. The first-order valence-electron chi connectivity index (χ1n) is 5.70. The van der Waals surface area contributed by atoms with E-state index in [1.807, 2.05) is 31.2 Å².